The zero-order valence-corrected chi connectivity index (χ0v) is 18.9. The average Bonchev–Trinajstić information content (AvgIpc) is 2.55. The van der Waals surface area contributed by atoms with E-state index < -0.39 is 0 Å². The first-order chi connectivity index (χ1) is 11.6. The molecule has 0 saturated heterocycles. The third-order valence-corrected chi connectivity index (χ3v) is 7.78. The number of hydrogen-bond donors (Lipinski definition) is 0. The molecule has 0 aliphatic heterocycles. The molecule has 0 aromatic carbocycles. The van der Waals surface area contributed by atoms with E-state index in [-0.39, 0.29) is 0 Å². The minimum absolute atomic E-state index is 0.792. The highest BCUT2D eigenvalue weighted by Crippen LogP contribution is 2.40. The Morgan fingerprint density at radius 1 is 0.880 bits per heavy atom. The average molecular weight is 349 g/mol. The van der Waals surface area contributed by atoms with Crippen molar-refractivity contribution in [1.29, 1.82) is 0 Å². The lowest BCUT2D eigenvalue weighted by molar-refractivity contribution is 0.139. The van der Waals surface area contributed by atoms with Gasteiger partial charge in [0.25, 0.3) is 0 Å². The van der Waals surface area contributed by atoms with Gasteiger partial charge >= 0.3 is 0 Å². The summed E-state index contributed by atoms with van der Waals surface area (Å²) in [5.41, 5.74) is 1.70. The summed E-state index contributed by atoms with van der Waals surface area (Å²) in [6.07, 6.45) is 10.8. The summed E-state index contributed by atoms with van der Waals surface area (Å²) in [7, 11) is 0. The Hall–Kier alpha value is -0.260. The quantitative estimate of drug-likeness (QED) is 0.405. The van der Waals surface area contributed by atoms with Crippen molar-refractivity contribution in [3.8, 4) is 0 Å². The van der Waals surface area contributed by atoms with Crippen LogP contribution < -0.4 is 0 Å². The Morgan fingerprint density at radius 3 is 2.08 bits per heavy atom. The molecule has 1 saturated carbocycles. The molecule has 1 aliphatic carbocycles. The lowest BCUT2D eigenvalue weighted by atomic mass is 9.69. The van der Waals surface area contributed by atoms with E-state index >= 15 is 0 Å². The van der Waals surface area contributed by atoms with Gasteiger partial charge < -0.3 is 0 Å². The molecule has 7 atom stereocenters. The molecule has 0 spiro atoms. The van der Waals surface area contributed by atoms with Crippen molar-refractivity contribution < 1.29 is 0 Å². The molecular weight excluding hydrogens is 300 g/mol. The van der Waals surface area contributed by atoms with Crippen LogP contribution in [0.5, 0.6) is 0 Å². The number of allylic oxidation sites excluding steroid dienone is 2. The van der Waals surface area contributed by atoms with Crippen molar-refractivity contribution in [2.24, 2.45) is 47.3 Å². The van der Waals surface area contributed by atoms with E-state index in [1.165, 1.54) is 38.5 Å². The fourth-order valence-electron chi connectivity index (χ4n) is 4.94. The van der Waals surface area contributed by atoms with Gasteiger partial charge in [-0.15, -0.1) is 0 Å². The molecule has 0 bridgehead atoms. The summed E-state index contributed by atoms with van der Waals surface area (Å²) in [5.74, 6) is 6.96. The molecule has 0 radical (unpaired) electrons. The van der Waals surface area contributed by atoms with Crippen molar-refractivity contribution in [2.45, 2.75) is 101 Å². The van der Waals surface area contributed by atoms with E-state index in [4.69, 9.17) is 0 Å². The van der Waals surface area contributed by atoms with Crippen LogP contribution in [-0.4, -0.2) is 0 Å². The third kappa shape index (κ3) is 7.48. The Morgan fingerprint density at radius 2 is 1.52 bits per heavy atom. The lowest BCUT2D eigenvalue weighted by Crippen LogP contribution is -2.27. The molecule has 0 nitrogen and oxygen atoms in total. The molecule has 0 aromatic rings. The molecule has 1 aliphatic rings. The highest BCUT2D eigenvalue weighted by atomic mass is 14.3. The van der Waals surface area contributed by atoms with Crippen LogP contribution in [0.15, 0.2) is 11.6 Å². The summed E-state index contributed by atoms with van der Waals surface area (Å²) >= 11 is 0. The van der Waals surface area contributed by atoms with Gasteiger partial charge in [0, 0.05) is 0 Å². The van der Waals surface area contributed by atoms with Gasteiger partial charge in [-0.2, -0.15) is 0 Å². The maximum atomic E-state index is 2.54. The molecule has 1 fully saturated rings. The minimum atomic E-state index is 0.792. The maximum Gasteiger partial charge on any atom is -0.0292 e. The standard InChI is InChI=1S/C25H48/c1-10-24(16-20(6)17(2)3)13-18(4)14-25-12-11-19(5)23(9)21(7)15-22(25)8/h10,17-23,25H,11-16H2,1-9H3. The SMILES string of the molecule is CC=C(CC(C)CC1CCC(C)C(C)C(C)CC1C)CC(C)C(C)C. The van der Waals surface area contributed by atoms with Crippen LogP contribution in [0.25, 0.3) is 0 Å². The van der Waals surface area contributed by atoms with Crippen LogP contribution >= 0.6 is 0 Å². The summed E-state index contributed by atoms with van der Waals surface area (Å²) in [4.78, 5) is 0. The van der Waals surface area contributed by atoms with Gasteiger partial charge in [0.05, 0.1) is 0 Å². The Balaban J connectivity index is 2.60. The molecule has 148 valence electrons. The van der Waals surface area contributed by atoms with E-state index in [9.17, 15) is 0 Å². The molecule has 0 heterocycles. The fourth-order valence-corrected chi connectivity index (χ4v) is 4.94. The predicted molar refractivity (Wildman–Crippen MR) is 115 cm³/mol. The number of hydrogen-bond acceptors (Lipinski definition) is 0. The molecule has 7 unspecified atom stereocenters. The summed E-state index contributed by atoms with van der Waals surface area (Å²) in [6.45, 7) is 21.9. The third-order valence-electron chi connectivity index (χ3n) is 7.78. The highest BCUT2D eigenvalue weighted by molar-refractivity contribution is 5.02. The van der Waals surface area contributed by atoms with Crippen molar-refractivity contribution in [1.82, 2.24) is 0 Å². The van der Waals surface area contributed by atoms with Gasteiger partial charge in [-0.25, -0.2) is 0 Å². The first kappa shape index (κ1) is 22.8. The summed E-state index contributed by atoms with van der Waals surface area (Å²) in [6, 6.07) is 0. The van der Waals surface area contributed by atoms with Gasteiger partial charge in [-0.1, -0.05) is 73.5 Å². The second-order valence-corrected chi connectivity index (χ2v) is 10.3. The van der Waals surface area contributed by atoms with Gasteiger partial charge in [-0.3, -0.25) is 0 Å². The van der Waals surface area contributed by atoms with Crippen LogP contribution in [0.2, 0.25) is 0 Å². The normalized spacial score (nSPS) is 34.5. The van der Waals surface area contributed by atoms with Crippen LogP contribution in [0, 0.1) is 47.3 Å². The first-order valence-electron chi connectivity index (χ1n) is 11.3. The van der Waals surface area contributed by atoms with Crippen molar-refractivity contribution in [3.63, 3.8) is 0 Å². The fraction of sp³-hybridized carbons (Fsp3) is 0.920. The molecule has 1 rings (SSSR count). The Labute approximate surface area is 160 Å². The second kappa shape index (κ2) is 10.8. The molecule has 0 heteroatoms. The first-order valence-corrected chi connectivity index (χ1v) is 11.3. The van der Waals surface area contributed by atoms with Gasteiger partial charge in [0.15, 0.2) is 0 Å². The Kier molecular flexibility index (Phi) is 9.83. The Bertz CT molecular complexity index is 391. The molecule has 0 amide bonds. The van der Waals surface area contributed by atoms with Crippen molar-refractivity contribution in [3.05, 3.63) is 11.6 Å². The van der Waals surface area contributed by atoms with Crippen LogP contribution in [-0.2, 0) is 0 Å². The zero-order chi connectivity index (χ0) is 19.1. The van der Waals surface area contributed by atoms with E-state index in [0.29, 0.717) is 0 Å². The molecular formula is C25H48. The second-order valence-electron chi connectivity index (χ2n) is 10.3. The van der Waals surface area contributed by atoms with Crippen LogP contribution in [0.4, 0.5) is 0 Å². The van der Waals surface area contributed by atoms with E-state index in [0.717, 1.165) is 47.3 Å². The minimum Gasteiger partial charge on any atom is -0.0884 e. The molecule has 0 aromatic heterocycles. The van der Waals surface area contributed by atoms with Gasteiger partial charge in [-0.05, 0) is 86.4 Å². The predicted octanol–water partition coefficient (Wildman–Crippen LogP) is 8.38. The number of rotatable bonds is 7. The van der Waals surface area contributed by atoms with E-state index in [1.54, 1.807) is 5.57 Å². The molecule has 0 N–H and O–H groups in total. The zero-order valence-electron chi connectivity index (χ0n) is 18.9. The largest absolute Gasteiger partial charge is 0.0884 e. The molecule has 25 heavy (non-hydrogen) atoms. The smallest absolute Gasteiger partial charge is 0.0292 e. The monoisotopic (exact) mass is 348 g/mol. The summed E-state index contributed by atoms with van der Waals surface area (Å²) < 4.78 is 0. The van der Waals surface area contributed by atoms with Gasteiger partial charge in [0.2, 0.25) is 0 Å². The van der Waals surface area contributed by atoms with E-state index in [2.05, 4.69) is 68.4 Å². The maximum absolute atomic E-state index is 2.54. The van der Waals surface area contributed by atoms with Crippen molar-refractivity contribution in [2.75, 3.05) is 0 Å². The van der Waals surface area contributed by atoms with E-state index in [1.807, 2.05) is 0 Å². The van der Waals surface area contributed by atoms with Crippen LogP contribution in [0.3, 0.4) is 0 Å². The topological polar surface area (TPSA) is 0 Å². The van der Waals surface area contributed by atoms with Crippen molar-refractivity contribution >= 4 is 0 Å². The van der Waals surface area contributed by atoms with Crippen LogP contribution in [0.1, 0.15) is 101 Å². The highest BCUT2D eigenvalue weighted by Gasteiger charge is 2.29. The summed E-state index contributed by atoms with van der Waals surface area (Å²) in [5, 5.41) is 0. The van der Waals surface area contributed by atoms with Gasteiger partial charge in [0.1, 0.15) is 0 Å². The lowest BCUT2D eigenvalue weighted by Gasteiger charge is -2.37.